The Labute approximate surface area is 110 Å². The number of carboxylic acid groups (broad SMARTS) is 1. The maximum absolute atomic E-state index is 10.8. The highest BCUT2D eigenvalue weighted by atomic mass is 35.5. The van der Waals surface area contributed by atoms with E-state index in [9.17, 15) is 4.79 Å². The number of nitrogens with one attached hydrogen (secondary N) is 1. The molecule has 1 aromatic carbocycles. The molecule has 92 valence electrons. The third kappa shape index (κ3) is 2.87. The first-order valence-electron chi connectivity index (χ1n) is 5.38. The molecular weight excluding hydrogens is 258 g/mol. The van der Waals surface area contributed by atoms with E-state index in [-0.39, 0.29) is 5.56 Å². The highest BCUT2D eigenvalue weighted by molar-refractivity contribution is 8.00. The molecule has 0 amide bonds. The van der Waals surface area contributed by atoms with Crippen LogP contribution in [0, 0.1) is 0 Å². The average molecular weight is 272 g/mol. The van der Waals surface area contributed by atoms with Gasteiger partial charge in [0, 0.05) is 11.3 Å². The molecule has 0 unspecified atom stereocenters. The normalized spacial score (nSPS) is 16.6. The smallest absolute Gasteiger partial charge is 0.335 e. The first-order chi connectivity index (χ1) is 8.06. The van der Waals surface area contributed by atoms with Crippen LogP contribution in [0.15, 0.2) is 18.2 Å². The van der Waals surface area contributed by atoms with Crippen molar-refractivity contribution in [2.75, 3.05) is 18.1 Å². The molecule has 0 atom stereocenters. The summed E-state index contributed by atoms with van der Waals surface area (Å²) in [6.45, 7) is 0.875. The molecule has 3 nitrogen and oxygen atoms in total. The maximum atomic E-state index is 10.8. The van der Waals surface area contributed by atoms with Gasteiger partial charge >= 0.3 is 5.97 Å². The van der Waals surface area contributed by atoms with Crippen molar-refractivity contribution in [1.29, 1.82) is 0 Å². The lowest BCUT2D eigenvalue weighted by atomic mass is 10.2. The number of thioether (sulfide) groups is 1. The number of hydrogen-bond donors (Lipinski definition) is 2. The third-order valence-electron chi connectivity index (χ3n) is 3.06. The van der Waals surface area contributed by atoms with E-state index >= 15 is 0 Å². The Balaban J connectivity index is 2.04. The molecule has 1 aromatic rings. The summed E-state index contributed by atoms with van der Waals surface area (Å²) in [5.41, 5.74) is 1.02. The van der Waals surface area contributed by atoms with E-state index in [0.29, 0.717) is 9.77 Å². The van der Waals surface area contributed by atoms with Crippen LogP contribution in [0.25, 0.3) is 0 Å². The van der Waals surface area contributed by atoms with Crippen LogP contribution in [0.2, 0.25) is 5.02 Å². The van der Waals surface area contributed by atoms with Crippen LogP contribution in [0.3, 0.4) is 0 Å². The number of benzene rings is 1. The average Bonchev–Trinajstić information content (AvgIpc) is 3.08. The number of hydrogen-bond acceptors (Lipinski definition) is 3. The molecule has 1 saturated carbocycles. The van der Waals surface area contributed by atoms with E-state index in [4.69, 9.17) is 16.7 Å². The fourth-order valence-electron chi connectivity index (χ4n) is 1.64. The van der Waals surface area contributed by atoms with E-state index in [1.54, 1.807) is 12.1 Å². The van der Waals surface area contributed by atoms with Crippen molar-refractivity contribution in [1.82, 2.24) is 0 Å². The summed E-state index contributed by atoms with van der Waals surface area (Å²) in [7, 11) is 0. The molecule has 0 aliphatic heterocycles. The van der Waals surface area contributed by atoms with Crippen molar-refractivity contribution >= 4 is 35.0 Å². The third-order valence-corrected chi connectivity index (χ3v) is 4.79. The van der Waals surface area contributed by atoms with Crippen LogP contribution in [0.4, 0.5) is 5.69 Å². The minimum absolute atomic E-state index is 0.214. The van der Waals surface area contributed by atoms with Crippen LogP contribution in [0.5, 0.6) is 0 Å². The van der Waals surface area contributed by atoms with Gasteiger partial charge in [0.2, 0.25) is 0 Å². The first kappa shape index (κ1) is 12.6. The van der Waals surface area contributed by atoms with Crippen molar-refractivity contribution < 1.29 is 9.90 Å². The number of rotatable bonds is 5. The molecule has 0 bridgehead atoms. The second kappa shape index (κ2) is 4.78. The lowest BCUT2D eigenvalue weighted by Crippen LogP contribution is -2.17. The second-order valence-electron chi connectivity index (χ2n) is 4.24. The molecule has 2 N–H and O–H groups in total. The Bertz CT molecular complexity index is 446. The van der Waals surface area contributed by atoms with Gasteiger partial charge in [0.1, 0.15) is 0 Å². The van der Waals surface area contributed by atoms with Gasteiger partial charge in [-0.25, -0.2) is 4.79 Å². The van der Waals surface area contributed by atoms with E-state index in [2.05, 4.69) is 11.6 Å². The minimum Gasteiger partial charge on any atom is -0.478 e. The molecule has 0 heterocycles. The van der Waals surface area contributed by atoms with Crippen molar-refractivity contribution in [2.45, 2.75) is 17.6 Å². The van der Waals surface area contributed by atoms with Gasteiger partial charge in [-0.05, 0) is 37.3 Å². The number of halogens is 1. The SMILES string of the molecule is CSC1(CNc2ccc(C(=O)O)cc2Cl)CC1. The standard InChI is InChI=1S/C12H14ClNO2S/c1-17-12(4-5-12)7-14-10-3-2-8(11(15)16)6-9(10)13/h2-3,6,14H,4-5,7H2,1H3,(H,15,16). The Kier molecular flexibility index (Phi) is 3.54. The maximum Gasteiger partial charge on any atom is 0.335 e. The number of carbonyl (C=O) groups is 1. The lowest BCUT2D eigenvalue weighted by Gasteiger charge is -2.15. The van der Waals surface area contributed by atoms with E-state index < -0.39 is 5.97 Å². The zero-order chi connectivity index (χ0) is 12.5. The Morgan fingerprint density at radius 1 is 1.59 bits per heavy atom. The molecule has 0 radical (unpaired) electrons. The zero-order valence-electron chi connectivity index (χ0n) is 9.50. The summed E-state index contributed by atoms with van der Waals surface area (Å²) < 4.78 is 0.356. The van der Waals surface area contributed by atoms with Gasteiger partial charge in [-0.15, -0.1) is 0 Å². The van der Waals surface area contributed by atoms with Gasteiger partial charge in [-0.3, -0.25) is 0 Å². The molecular formula is C12H14ClNO2S. The molecule has 0 saturated heterocycles. The van der Waals surface area contributed by atoms with Gasteiger partial charge in [-0.2, -0.15) is 11.8 Å². The van der Waals surface area contributed by atoms with Gasteiger partial charge < -0.3 is 10.4 Å². The molecule has 17 heavy (non-hydrogen) atoms. The summed E-state index contributed by atoms with van der Waals surface area (Å²) in [5, 5.41) is 12.6. The van der Waals surface area contributed by atoms with Gasteiger partial charge in [0.25, 0.3) is 0 Å². The lowest BCUT2D eigenvalue weighted by molar-refractivity contribution is 0.0697. The van der Waals surface area contributed by atoms with Gasteiger partial charge in [-0.1, -0.05) is 11.6 Å². The molecule has 5 heteroatoms. The van der Waals surface area contributed by atoms with Crippen LogP contribution >= 0.6 is 23.4 Å². The van der Waals surface area contributed by atoms with E-state index in [1.165, 1.54) is 18.9 Å². The van der Waals surface area contributed by atoms with Crippen molar-refractivity contribution in [2.24, 2.45) is 0 Å². The van der Waals surface area contributed by atoms with Gasteiger partial charge in [0.15, 0.2) is 0 Å². The summed E-state index contributed by atoms with van der Waals surface area (Å²) in [6, 6.07) is 4.77. The first-order valence-corrected chi connectivity index (χ1v) is 6.98. The molecule has 1 aliphatic carbocycles. The summed E-state index contributed by atoms with van der Waals surface area (Å²) in [4.78, 5) is 10.8. The molecule has 0 spiro atoms. The molecule has 0 aromatic heterocycles. The highest BCUT2D eigenvalue weighted by Crippen LogP contribution is 2.47. The largest absolute Gasteiger partial charge is 0.478 e. The molecule has 1 aliphatic rings. The highest BCUT2D eigenvalue weighted by Gasteiger charge is 2.41. The van der Waals surface area contributed by atoms with Crippen LogP contribution in [-0.4, -0.2) is 28.6 Å². The second-order valence-corrected chi connectivity index (χ2v) is 5.92. The zero-order valence-corrected chi connectivity index (χ0v) is 11.1. The van der Waals surface area contributed by atoms with Gasteiger partial charge in [0.05, 0.1) is 16.3 Å². The topological polar surface area (TPSA) is 49.3 Å². The molecule has 2 rings (SSSR count). The van der Waals surface area contributed by atoms with E-state index in [0.717, 1.165) is 12.2 Å². The Morgan fingerprint density at radius 3 is 2.76 bits per heavy atom. The fraction of sp³-hybridized carbons (Fsp3) is 0.417. The van der Waals surface area contributed by atoms with Crippen molar-refractivity contribution in [3.63, 3.8) is 0 Å². The molecule has 1 fully saturated rings. The monoisotopic (exact) mass is 271 g/mol. The summed E-state index contributed by atoms with van der Waals surface area (Å²) in [5.74, 6) is -0.957. The van der Waals surface area contributed by atoms with Crippen LogP contribution in [-0.2, 0) is 0 Å². The number of aromatic carboxylic acids is 1. The van der Waals surface area contributed by atoms with Crippen LogP contribution < -0.4 is 5.32 Å². The van der Waals surface area contributed by atoms with Crippen molar-refractivity contribution in [3.8, 4) is 0 Å². The van der Waals surface area contributed by atoms with Crippen LogP contribution in [0.1, 0.15) is 23.2 Å². The predicted molar refractivity (Wildman–Crippen MR) is 72.4 cm³/mol. The number of carboxylic acids is 1. The minimum atomic E-state index is -0.957. The quantitative estimate of drug-likeness (QED) is 0.862. The Hall–Kier alpha value is -0.870. The summed E-state index contributed by atoms with van der Waals surface area (Å²) >= 11 is 7.90. The Morgan fingerprint density at radius 2 is 2.29 bits per heavy atom. The van der Waals surface area contributed by atoms with E-state index in [1.807, 2.05) is 11.8 Å². The number of anilines is 1. The fourth-order valence-corrected chi connectivity index (χ4v) is 2.61. The van der Waals surface area contributed by atoms with Crippen molar-refractivity contribution in [3.05, 3.63) is 28.8 Å². The predicted octanol–water partition coefficient (Wildman–Crippen LogP) is 3.35. The summed E-state index contributed by atoms with van der Waals surface area (Å²) in [6.07, 6.45) is 4.57.